The molecular weight excluding hydrogens is 507 g/mol. The van der Waals surface area contributed by atoms with Crippen molar-refractivity contribution in [2.45, 2.75) is 77.2 Å². The van der Waals surface area contributed by atoms with Gasteiger partial charge in [-0.15, -0.1) is 0 Å². The molecule has 3 aromatic rings. The molecule has 2 aliphatic rings. The van der Waals surface area contributed by atoms with Gasteiger partial charge in [-0.25, -0.2) is 18.1 Å². The Kier molecular flexibility index (Phi) is 6.11. The molecule has 11 heteroatoms. The van der Waals surface area contributed by atoms with E-state index < -0.39 is 34.9 Å². The van der Waals surface area contributed by atoms with Gasteiger partial charge < -0.3 is 9.64 Å². The third-order valence-electron chi connectivity index (χ3n) is 7.14. The number of benzene rings is 1. The number of rotatable bonds is 4. The number of anilines is 1. The van der Waals surface area contributed by atoms with Crippen LogP contribution in [0.3, 0.4) is 0 Å². The van der Waals surface area contributed by atoms with Crippen molar-refractivity contribution in [3.05, 3.63) is 58.9 Å². The summed E-state index contributed by atoms with van der Waals surface area (Å²) in [5, 5.41) is 4.47. The van der Waals surface area contributed by atoms with Crippen LogP contribution >= 0.6 is 0 Å². The number of fused-ring (bicyclic) bond motifs is 1. The fourth-order valence-electron chi connectivity index (χ4n) is 5.17. The van der Waals surface area contributed by atoms with Gasteiger partial charge in [-0.1, -0.05) is 6.07 Å². The van der Waals surface area contributed by atoms with Crippen molar-refractivity contribution in [2.24, 2.45) is 0 Å². The summed E-state index contributed by atoms with van der Waals surface area (Å²) in [7, 11) is 0. The van der Waals surface area contributed by atoms with Crippen LogP contribution in [-0.4, -0.2) is 38.8 Å². The van der Waals surface area contributed by atoms with E-state index in [4.69, 9.17) is 4.74 Å². The number of halogens is 5. The third kappa shape index (κ3) is 4.35. The van der Waals surface area contributed by atoms with Crippen LogP contribution < -0.4 is 4.90 Å². The van der Waals surface area contributed by atoms with Crippen LogP contribution in [0.5, 0.6) is 0 Å². The van der Waals surface area contributed by atoms with E-state index in [1.807, 2.05) is 4.90 Å². The highest BCUT2D eigenvalue weighted by molar-refractivity contribution is 5.81. The van der Waals surface area contributed by atoms with Crippen LogP contribution in [0.25, 0.3) is 11.3 Å². The van der Waals surface area contributed by atoms with Crippen molar-refractivity contribution in [1.82, 2.24) is 14.3 Å². The van der Waals surface area contributed by atoms with E-state index in [0.717, 1.165) is 12.1 Å². The molecule has 3 heterocycles. The minimum atomic E-state index is -4.37. The number of aromatic nitrogens is 3. The Morgan fingerprint density at radius 1 is 1.11 bits per heavy atom. The number of ether oxygens (including phenoxy) is 1. The Balaban J connectivity index is 1.55. The van der Waals surface area contributed by atoms with Crippen molar-refractivity contribution in [1.29, 1.82) is 0 Å². The van der Waals surface area contributed by atoms with Crippen molar-refractivity contribution in [2.75, 3.05) is 11.4 Å². The van der Waals surface area contributed by atoms with Gasteiger partial charge in [0.1, 0.15) is 22.7 Å². The molecule has 38 heavy (non-hydrogen) atoms. The molecule has 0 saturated heterocycles. The van der Waals surface area contributed by atoms with Gasteiger partial charge >= 0.3 is 12.3 Å². The van der Waals surface area contributed by atoms with E-state index in [0.29, 0.717) is 30.0 Å². The maximum atomic E-state index is 14.8. The van der Waals surface area contributed by atoms with Gasteiger partial charge in [0.05, 0.1) is 17.0 Å². The number of hydrogen-bond donors (Lipinski definition) is 0. The van der Waals surface area contributed by atoms with Gasteiger partial charge in [0, 0.05) is 37.8 Å². The smallest absolute Gasteiger partial charge is 0.419 e. The molecule has 1 fully saturated rings. The molecule has 0 atom stereocenters. The zero-order valence-electron chi connectivity index (χ0n) is 21.6. The maximum Gasteiger partial charge on any atom is 0.419 e. The first-order chi connectivity index (χ1) is 17.8. The zero-order chi connectivity index (χ0) is 27.6. The van der Waals surface area contributed by atoms with E-state index in [9.17, 15) is 26.7 Å². The lowest BCUT2D eigenvalue weighted by Gasteiger charge is -2.28. The molecular formula is C27H29F5N4O2. The number of aryl methyl sites for hydroxylation is 1. The number of carbonyl (C=O) groups excluding carboxylic acids is 1. The average Bonchev–Trinajstić information content (AvgIpc) is 3.38. The lowest BCUT2D eigenvalue weighted by atomic mass is 10.0. The Bertz CT molecular complexity index is 1380. The Morgan fingerprint density at radius 3 is 2.32 bits per heavy atom. The highest BCUT2D eigenvalue weighted by Crippen LogP contribution is 2.59. The molecule has 1 aromatic carbocycles. The molecule has 204 valence electrons. The first-order valence-electron chi connectivity index (χ1n) is 12.6. The van der Waals surface area contributed by atoms with E-state index in [1.165, 1.54) is 21.4 Å². The Hall–Kier alpha value is -3.37. The zero-order valence-corrected chi connectivity index (χ0v) is 21.6. The lowest BCUT2D eigenvalue weighted by Crippen LogP contribution is -2.34. The van der Waals surface area contributed by atoms with E-state index in [2.05, 4.69) is 5.10 Å². The summed E-state index contributed by atoms with van der Waals surface area (Å²) in [5.41, 5.74) is -1.74. The third-order valence-corrected chi connectivity index (χ3v) is 7.14. The Labute approximate surface area is 217 Å². The molecule has 6 nitrogen and oxygen atoms in total. The molecule has 1 aliphatic heterocycles. The minimum Gasteiger partial charge on any atom is -0.443 e. The molecule has 5 rings (SSSR count). The SMILES string of the molecule is CCn1nc(N2CCc3c(cc(-c4c(F)cccc4F)n3C(=O)OC(C)(C)C)C2)cc1C1(C(F)(F)F)CC1. The summed E-state index contributed by atoms with van der Waals surface area (Å²) in [6.45, 7) is 7.67. The molecule has 1 aliphatic carbocycles. The first-order valence-corrected chi connectivity index (χ1v) is 12.6. The van der Waals surface area contributed by atoms with Crippen molar-refractivity contribution in [3.8, 4) is 11.3 Å². The van der Waals surface area contributed by atoms with Crippen molar-refractivity contribution < 1.29 is 31.5 Å². The molecule has 1 saturated carbocycles. The van der Waals surface area contributed by atoms with Crippen LogP contribution in [0.15, 0.2) is 30.3 Å². The highest BCUT2D eigenvalue weighted by atomic mass is 19.4. The quantitative estimate of drug-likeness (QED) is 0.353. The number of alkyl halides is 3. The summed E-state index contributed by atoms with van der Waals surface area (Å²) in [6, 6.07) is 6.51. The normalized spacial score (nSPS) is 16.9. The molecule has 0 amide bonds. The molecule has 0 spiro atoms. The number of nitrogens with zero attached hydrogens (tertiary/aromatic N) is 4. The second kappa shape index (κ2) is 8.84. The van der Waals surface area contributed by atoms with Gasteiger partial charge in [0.15, 0.2) is 5.82 Å². The van der Waals surface area contributed by atoms with Crippen LogP contribution in [0.4, 0.5) is 32.6 Å². The summed E-state index contributed by atoms with van der Waals surface area (Å²) in [5.74, 6) is -1.25. The van der Waals surface area contributed by atoms with Gasteiger partial charge in [0.25, 0.3) is 0 Å². The lowest BCUT2D eigenvalue weighted by molar-refractivity contribution is -0.162. The maximum absolute atomic E-state index is 14.8. The summed E-state index contributed by atoms with van der Waals surface area (Å²) < 4.78 is 79.3. The van der Waals surface area contributed by atoms with Gasteiger partial charge in [0.2, 0.25) is 0 Å². The van der Waals surface area contributed by atoms with Gasteiger partial charge in [-0.2, -0.15) is 18.3 Å². The minimum absolute atomic E-state index is 0.0236. The van der Waals surface area contributed by atoms with E-state index in [1.54, 1.807) is 33.8 Å². The van der Waals surface area contributed by atoms with Crippen LogP contribution in [0, 0.1) is 11.6 Å². The van der Waals surface area contributed by atoms with Crippen LogP contribution in [0.2, 0.25) is 0 Å². The van der Waals surface area contributed by atoms with Crippen molar-refractivity contribution >= 4 is 11.9 Å². The van der Waals surface area contributed by atoms with Crippen LogP contribution in [0.1, 0.15) is 57.5 Å². The summed E-state index contributed by atoms with van der Waals surface area (Å²) in [6.07, 6.45) is -4.77. The highest BCUT2D eigenvalue weighted by Gasteiger charge is 2.66. The molecule has 2 aromatic heterocycles. The van der Waals surface area contributed by atoms with E-state index in [-0.39, 0.29) is 42.9 Å². The second-order valence-electron chi connectivity index (χ2n) is 10.9. The predicted molar refractivity (Wildman–Crippen MR) is 131 cm³/mol. The summed E-state index contributed by atoms with van der Waals surface area (Å²) >= 11 is 0. The number of carbonyl (C=O) groups is 1. The molecule has 0 bridgehead atoms. The first kappa shape index (κ1) is 26.2. The Morgan fingerprint density at radius 2 is 1.76 bits per heavy atom. The molecule has 0 unspecified atom stereocenters. The standard InChI is InChI=1S/C27H29F5N4O2/c1-5-35-21(26(10-11-26)27(30,31)32)14-22(33-35)34-12-9-19-16(15-34)13-20(23-17(28)7-6-8-18(23)29)36(19)24(37)38-25(2,3)4/h6-8,13-14H,5,9-12,15H2,1-4H3. The van der Waals surface area contributed by atoms with E-state index >= 15 is 0 Å². The largest absolute Gasteiger partial charge is 0.443 e. The fourth-order valence-corrected chi connectivity index (χ4v) is 5.17. The summed E-state index contributed by atoms with van der Waals surface area (Å²) in [4.78, 5) is 15.0. The molecule has 0 N–H and O–H groups in total. The monoisotopic (exact) mass is 536 g/mol. The predicted octanol–water partition coefficient (Wildman–Crippen LogP) is 6.59. The second-order valence-corrected chi connectivity index (χ2v) is 10.9. The number of hydrogen-bond acceptors (Lipinski definition) is 4. The van der Waals surface area contributed by atoms with Crippen molar-refractivity contribution in [3.63, 3.8) is 0 Å². The fraction of sp³-hybridized carbons (Fsp3) is 0.481. The van der Waals surface area contributed by atoms with Crippen LogP contribution in [-0.2, 0) is 29.7 Å². The molecule has 0 radical (unpaired) electrons. The van der Waals surface area contributed by atoms with Gasteiger partial charge in [-0.05, 0) is 64.3 Å². The average molecular weight is 537 g/mol. The van der Waals surface area contributed by atoms with Gasteiger partial charge in [-0.3, -0.25) is 4.68 Å². The topological polar surface area (TPSA) is 52.3 Å².